The van der Waals surface area contributed by atoms with Crippen molar-refractivity contribution in [2.75, 3.05) is 0 Å². The van der Waals surface area contributed by atoms with Crippen LogP contribution in [0.2, 0.25) is 10.3 Å². The Bertz CT molecular complexity index is 291. The molecule has 0 bridgehead atoms. The summed E-state index contributed by atoms with van der Waals surface area (Å²) in [7, 11) is 0. The minimum absolute atomic E-state index is 0.360. The number of rotatable bonds is 3. The first kappa shape index (κ1) is 9.62. The molecule has 4 heteroatoms. The van der Waals surface area contributed by atoms with Crippen molar-refractivity contribution < 1.29 is 0 Å². The van der Waals surface area contributed by atoms with Crippen LogP contribution in [0, 0.1) is 0 Å². The molecule has 0 aliphatic rings. The van der Waals surface area contributed by atoms with E-state index in [0.29, 0.717) is 10.3 Å². The highest BCUT2D eigenvalue weighted by Gasteiger charge is 2.04. The zero-order valence-electron chi connectivity index (χ0n) is 6.85. The average Bonchev–Trinajstić information content (AvgIpc) is 2.30. The fourth-order valence-corrected chi connectivity index (χ4v) is 1.14. The van der Waals surface area contributed by atoms with Crippen LogP contribution in [0.5, 0.6) is 0 Å². The first-order valence-corrected chi connectivity index (χ1v) is 4.37. The van der Waals surface area contributed by atoms with Gasteiger partial charge in [0, 0.05) is 6.54 Å². The van der Waals surface area contributed by atoms with Crippen LogP contribution in [-0.2, 0) is 6.54 Å². The average molecular weight is 205 g/mol. The highest BCUT2D eigenvalue weighted by atomic mass is 35.5. The Hall–Kier alpha value is -0.470. The zero-order chi connectivity index (χ0) is 9.14. The van der Waals surface area contributed by atoms with Gasteiger partial charge in [-0.3, -0.25) is 0 Å². The maximum absolute atomic E-state index is 5.83. The first-order chi connectivity index (χ1) is 5.61. The Morgan fingerprint density at radius 3 is 2.75 bits per heavy atom. The number of halogens is 2. The molecule has 0 spiro atoms. The molecule has 1 aromatic rings. The number of aromatic nitrogens is 2. The number of allylic oxidation sites excluding steroid dienone is 1. The molecule has 0 atom stereocenters. The van der Waals surface area contributed by atoms with Gasteiger partial charge in [0.2, 0.25) is 0 Å². The van der Waals surface area contributed by atoms with Gasteiger partial charge >= 0.3 is 0 Å². The quantitative estimate of drug-likeness (QED) is 0.693. The van der Waals surface area contributed by atoms with Crippen LogP contribution in [0.4, 0.5) is 0 Å². The second-order valence-corrected chi connectivity index (χ2v) is 3.44. The molecular weight excluding hydrogens is 195 g/mol. The number of hydrogen-bond acceptors (Lipinski definition) is 1. The largest absolute Gasteiger partial charge is 0.320 e. The van der Waals surface area contributed by atoms with E-state index in [1.54, 1.807) is 10.9 Å². The Morgan fingerprint density at radius 1 is 1.67 bits per heavy atom. The fourth-order valence-electron chi connectivity index (χ4n) is 0.810. The van der Waals surface area contributed by atoms with Crippen molar-refractivity contribution in [2.45, 2.75) is 19.9 Å². The summed E-state index contributed by atoms with van der Waals surface area (Å²) >= 11 is 11.5. The molecular formula is C8H10Cl2N2. The molecule has 0 fully saturated rings. The molecule has 0 amide bonds. The Balaban J connectivity index is 2.63. The predicted molar refractivity (Wildman–Crippen MR) is 51.7 cm³/mol. The van der Waals surface area contributed by atoms with Gasteiger partial charge in [-0.2, -0.15) is 0 Å². The Morgan fingerprint density at radius 2 is 2.33 bits per heavy atom. The lowest BCUT2D eigenvalue weighted by atomic mass is 10.2. The van der Waals surface area contributed by atoms with E-state index in [4.69, 9.17) is 23.2 Å². The first-order valence-electron chi connectivity index (χ1n) is 3.61. The molecule has 66 valence electrons. The summed E-state index contributed by atoms with van der Waals surface area (Å²) in [6.07, 6.45) is 2.53. The molecule has 1 aromatic heterocycles. The molecule has 0 aromatic carbocycles. The van der Waals surface area contributed by atoms with Crippen LogP contribution in [0.15, 0.2) is 18.5 Å². The van der Waals surface area contributed by atoms with Crippen LogP contribution in [0.1, 0.15) is 13.3 Å². The van der Waals surface area contributed by atoms with Crippen molar-refractivity contribution in [1.82, 2.24) is 9.55 Å². The summed E-state index contributed by atoms with van der Waals surface area (Å²) in [5.74, 6) is 0. The van der Waals surface area contributed by atoms with Crippen molar-refractivity contribution >= 4 is 23.2 Å². The van der Waals surface area contributed by atoms with Crippen LogP contribution >= 0.6 is 23.2 Å². The Labute approximate surface area is 81.8 Å². The summed E-state index contributed by atoms with van der Waals surface area (Å²) in [4.78, 5) is 3.86. The van der Waals surface area contributed by atoms with E-state index in [1.165, 1.54) is 0 Å². The lowest BCUT2D eigenvalue weighted by Gasteiger charge is -2.02. The van der Waals surface area contributed by atoms with E-state index in [2.05, 4.69) is 11.6 Å². The lowest BCUT2D eigenvalue weighted by Crippen LogP contribution is -1.96. The van der Waals surface area contributed by atoms with E-state index in [9.17, 15) is 0 Å². The van der Waals surface area contributed by atoms with Crippen molar-refractivity contribution in [3.8, 4) is 0 Å². The number of imidazole rings is 1. The van der Waals surface area contributed by atoms with Crippen molar-refractivity contribution in [3.63, 3.8) is 0 Å². The molecule has 0 aliphatic carbocycles. The normalized spacial score (nSPS) is 10.2. The summed E-state index contributed by atoms with van der Waals surface area (Å²) in [6, 6.07) is 0. The third kappa shape index (κ3) is 2.26. The van der Waals surface area contributed by atoms with Gasteiger partial charge in [-0.15, -0.1) is 6.58 Å². The molecule has 0 N–H and O–H groups in total. The van der Waals surface area contributed by atoms with Gasteiger partial charge < -0.3 is 4.57 Å². The number of nitrogens with zero attached hydrogens (tertiary/aromatic N) is 2. The molecule has 0 unspecified atom stereocenters. The molecule has 1 rings (SSSR count). The molecule has 0 aliphatic heterocycles. The van der Waals surface area contributed by atoms with Gasteiger partial charge in [0.15, 0.2) is 5.15 Å². The number of hydrogen-bond donors (Lipinski definition) is 0. The van der Waals surface area contributed by atoms with Crippen LogP contribution in [-0.4, -0.2) is 9.55 Å². The van der Waals surface area contributed by atoms with Gasteiger partial charge in [-0.05, 0) is 13.3 Å². The standard InChI is InChI=1S/C8H10Cl2N2/c1-6(2)3-4-12-5-11-7(9)8(12)10/h5H,1,3-4H2,2H3. The molecule has 1 heterocycles. The smallest absolute Gasteiger partial charge is 0.166 e. The van der Waals surface area contributed by atoms with E-state index >= 15 is 0 Å². The van der Waals surface area contributed by atoms with Gasteiger partial charge in [0.1, 0.15) is 5.15 Å². The summed E-state index contributed by atoms with van der Waals surface area (Å²) in [5.41, 5.74) is 1.12. The molecule has 2 nitrogen and oxygen atoms in total. The molecule has 0 saturated carbocycles. The van der Waals surface area contributed by atoms with E-state index < -0.39 is 0 Å². The van der Waals surface area contributed by atoms with E-state index in [1.807, 2.05) is 6.92 Å². The van der Waals surface area contributed by atoms with Gasteiger partial charge in [0.05, 0.1) is 6.33 Å². The lowest BCUT2D eigenvalue weighted by molar-refractivity contribution is 0.693. The highest BCUT2D eigenvalue weighted by molar-refractivity contribution is 6.40. The second-order valence-electron chi connectivity index (χ2n) is 2.73. The van der Waals surface area contributed by atoms with Gasteiger partial charge in [-0.1, -0.05) is 28.8 Å². The SMILES string of the molecule is C=C(C)CCn1cnc(Cl)c1Cl. The van der Waals surface area contributed by atoms with E-state index in [-0.39, 0.29) is 0 Å². The summed E-state index contributed by atoms with van der Waals surface area (Å²) < 4.78 is 1.80. The van der Waals surface area contributed by atoms with Gasteiger partial charge in [-0.25, -0.2) is 4.98 Å². The fraction of sp³-hybridized carbons (Fsp3) is 0.375. The minimum Gasteiger partial charge on any atom is -0.320 e. The second kappa shape index (κ2) is 3.97. The summed E-state index contributed by atoms with van der Waals surface area (Å²) in [5, 5.41) is 0.858. The zero-order valence-corrected chi connectivity index (χ0v) is 8.36. The molecule has 12 heavy (non-hydrogen) atoms. The predicted octanol–water partition coefficient (Wildman–Crippen LogP) is 3.16. The molecule has 0 radical (unpaired) electrons. The maximum atomic E-state index is 5.83. The monoisotopic (exact) mass is 204 g/mol. The van der Waals surface area contributed by atoms with Crippen LogP contribution < -0.4 is 0 Å². The van der Waals surface area contributed by atoms with Crippen molar-refractivity contribution in [1.29, 1.82) is 0 Å². The van der Waals surface area contributed by atoms with Crippen LogP contribution in [0.3, 0.4) is 0 Å². The third-order valence-corrected chi connectivity index (χ3v) is 2.28. The highest BCUT2D eigenvalue weighted by Crippen LogP contribution is 2.19. The molecule has 0 saturated heterocycles. The van der Waals surface area contributed by atoms with Crippen molar-refractivity contribution in [2.24, 2.45) is 0 Å². The van der Waals surface area contributed by atoms with Crippen molar-refractivity contribution in [3.05, 3.63) is 28.8 Å². The summed E-state index contributed by atoms with van der Waals surface area (Å²) in [6.45, 7) is 6.56. The maximum Gasteiger partial charge on any atom is 0.166 e. The Kier molecular flexibility index (Phi) is 3.18. The number of aryl methyl sites for hydroxylation is 1. The topological polar surface area (TPSA) is 17.8 Å². The van der Waals surface area contributed by atoms with Crippen LogP contribution in [0.25, 0.3) is 0 Å². The van der Waals surface area contributed by atoms with Gasteiger partial charge in [0.25, 0.3) is 0 Å². The third-order valence-electron chi connectivity index (χ3n) is 1.51. The minimum atomic E-state index is 0.360. The van der Waals surface area contributed by atoms with E-state index in [0.717, 1.165) is 18.5 Å².